The van der Waals surface area contributed by atoms with Crippen LogP contribution in [0.3, 0.4) is 0 Å². The number of unbranched alkanes of at least 4 members (excludes halogenated alkanes) is 3. The number of rotatable bonds is 7. The second-order valence-corrected chi connectivity index (χ2v) is 4.86. The van der Waals surface area contributed by atoms with Gasteiger partial charge in [-0.1, -0.05) is 32.6 Å². The molecule has 0 saturated heterocycles. The standard InChI is InChI=1S/C13H23NO3/c1-2-3-4-5-9-12(15)14-11-8-6-7-10(11)13(16)17/h10-11H,2-9H2,1H3,(H,14,15)(H,16,17). The Kier molecular flexibility index (Phi) is 6.01. The van der Waals surface area contributed by atoms with E-state index in [1.54, 1.807) is 0 Å². The van der Waals surface area contributed by atoms with Crippen molar-refractivity contribution in [1.82, 2.24) is 5.32 Å². The first-order chi connectivity index (χ1) is 8.15. The fourth-order valence-corrected chi connectivity index (χ4v) is 2.42. The highest BCUT2D eigenvalue weighted by Crippen LogP contribution is 2.25. The molecule has 0 aromatic heterocycles. The van der Waals surface area contributed by atoms with Crippen LogP contribution in [0.2, 0.25) is 0 Å². The Morgan fingerprint density at radius 2 is 2.00 bits per heavy atom. The third-order valence-electron chi connectivity index (χ3n) is 3.44. The first-order valence-corrected chi connectivity index (χ1v) is 6.67. The van der Waals surface area contributed by atoms with Gasteiger partial charge in [-0.2, -0.15) is 0 Å². The molecule has 0 radical (unpaired) electrons. The van der Waals surface area contributed by atoms with E-state index in [-0.39, 0.29) is 17.9 Å². The summed E-state index contributed by atoms with van der Waals surface area (Å²) in [6.45, 7) is 2.13. The molecule has 2 N–H and O–H groups in total. The lowest BCUT2D eigenvalue weighted by Gasteiger charge is -2.17. The second-order valence-electron chi connectivity index (χ2n) is 4.86. The Labute approximate surface area is 103 Å². The molecule has 1 aliphatic carbocycles. The van der Waals surface area contributed by atoms with E-state index in [1.807, 2.05) is 0 Å². The predicted octanol–water partition coefficient (Wildman–Crippen LogP) is 2.33. The van der Waals surface area contributed by atoms with Crippen molar-refractivity contribution in [3.05, 3.63) is 0 Å². The number of carbonyl (C=O) groups is 2. The van der Waals surface area contributed by atoms with Crippen molar-refractivity contribution >= 4 is 11.9 Å². The monoisotopic (exact) mass is 241 g/mol. The summed E-state index contributed by atoms with van der Waals surface area (Å²) < 4.78 is 0. The average molecular weight is 241 g/mol. The van der Waals surface area contributed by atoms with Crippen molar-refractivity contribution in [2.75, 3.05) is 0 Å². The first kappa shape index (κ1) is 14.0. The lowest BCUT2D eigenvalue weighted by Crippen LogP contribution is -2.40. The van der Waals surface area contributed by atoms with E-state index < -0.39 is 5.97 Å². The zero-order valence-electron chi connectivity index (χ0n) is 10.6. The molecule has 0 aromatic rings. The van der Waals surface area contributed by atoms with E-state index >= 15 is 0 Å². The minimum atomic E-state index is -0.779. The van der Waals surface area contributed by atoms with Crippen molar-refractivity contribution < 1.29 is 14.7 Å². The van der Waals surface area contributed by atoms with Crippen LogP contribution < -0.4 is 5.32 Å². The van der Waals surface area contributed by atoms with Crippen LogP contribution in [-0.4, -0.2) is 23.0 Å². The quantitative estimate of drug-likeness (QED) is 0.672. The molecule has 2 atom stereocenters. The van der Waals surface area contributed by atoms with Gasteiger partial charge in [0.1, 0.15) is 0 Å². The largest absolute Gasteiger partial charge is 0.481 e. The zero-order valence-corrected chi connectivity index (χ0v) is 10.6. The molecule has 0 aromatic carbocycles. The number of carboxylic acids is 1. The van der Waals surface area contributed by atoms with Crippen LogP contribution in [0.4, 0.5) is 0 Å². The van der Waals surface area contributed by atoms with E-state index in [9.17, 15) is 9.59 Å². The molecule has 0 bridgehead atoms. The number of amides is 1. The van der Waals surface area contributed by atoms with Gasteiger partial charge in [-0.15, -0.1) is 0 Å². The average Bonchev–Trinajstić information content (AvgIpc) is 2.72. The van der Waals surface area contributed by atoms with Gasteiger partial charge in [-0.25, -0.2) is 0 Å². The highest BCUT2D eigenvalue weighted by molar-refractivity contribution is 5.78. The normalized spacial score (nSPS) is 23.6. The van der Waals surface area contributed by atoms with Crippen LogP contribution in [0.15, 0.2) is 0 Å². The molecule has 0 aliphatic heterocycles. The van der Waals surface area contributed by atoms with Crippen molar-refractivity contribution in [2.24, 2.45) is 5.92 Å². The molecule has 98 valence electrons. The Morgan fingerprint density at radius 3 is 2.65 bits per heavy atom. The van der Waals surface area contributed by atoms with Gasteiger partial charge in [0.05, 0.1) is 5.92 Å². The summed E-state index contributed by atoms with van der Waals surface area (Å²) in [5.41, 5.74) is 0. The van der Waals surface area contributed by atoms with Crippen LogP contribution in [0.1, 0.15) is 58.3 Å². The van der Waals surface area contributed by atoms with Crippen molar-refractivity contribution in [1.29, 1.82) is 0 Å². The summed E-state index contributed by atoms with van der Waals surface area (Å²) in [5, 5.41) is 11.9. The molecule has 0 spiro atoms. The highest BCUT2D eigenvalue weighted by Gasteiger charge is 2.33. The number of hydrogen-bond acceptors (Lipinski definition) is 2. The topological polar surface area (TPSA) is 66.4 Å². The molecular weight excluding hydrogens is 218 g/mol. The van der Waals surface area contributed by atoms with Crippen LogP contribution in [0, 0.1) is 5.92 Å². The number of hydrogen-bond donors (Lipinski definition) is 2. The van der Waals surface area contributed by atoms with Gasteiger partial charge in [0.25, 0.3) is 0 Å². The molecular formula is C13H23NO3. The summed E-state index contributed by atoms with van der Waals surface area (Å²) in [4.78, 5) is 22.6. The fourth-order valence-electron chi connectivity index (χ4n) is 2.42. The maximum Gasteiger partial charge on any atom is 0.308 e. The molecule has 17 heavy (non-hydrogen) atoms. The number of aliphatic carboxylic acids is 1. The Morgan fingerprint density at radius 1 is 1.24 bits per heavy atom. The Balaban J connectivity index is 2.23. The molecule has 1 amide bonds. The van der Waals surface area contributed by atoms with Gasteiger partial charge in [0.15, 0.2) is 0 Å². The van der Waals surface area contributed by atoms with Crippen molar-refractivity contribution in [3.8, 4) is 0 Å². The minimum absolute atomic E-state index is 0.0132. The van der Waals surface area contributed by atoms with Crippen LogP contribution in [-0.2, 0) is 9.59 Å². The van der Waals surface area contributed by atoms with Crippen LogP contribution in [0.5, 0.6) is 0 Å². The minimum Gasteiger partial charge on any atom is -0.481 e. The van der Waals surface area contributed by atoms with Gasteiger partial charge >= 0.3 is 5.97 Å². The van der Waals surface area contributed by atoms with Gasteiger partial charge in [-0.3, -0.25) is 9.59 Å². The van der Waals surface area contributed by atoms with Gasteiger partial charge in [0.2, 0.25) is 5.91 Å². The first-order valence-electron chi connectivity index (χ1n) is 6.67. The van der Waals surface area contributed by atoms with E-state index in [0.717, 1.165) is 38.5 Å². The van der Waals surface area contributed by atoms with Gasteiger partial charge in [-0.05, 0) is 19.3 Å². The van der Waals surface area contributed by atoms with E-state index in [0.29, 0.717) is 12.8 Å². The molecule has 0 heterocycles. The summed E-state index contributed by atoms with van der Waals surface area (Å²) in [6.07, 6.45) is 7.23. The highest BCUT2D eigenvalue weighted by atomic mass is 16.4. The number of carbonyl (C=O) groups excluding carboxylic acids is 1. The molecule has 4 heteroatoms. The predicted molar refractivity (Wildman–Crippen MR) is 65.7 cm³/mol. The van der Waals surface area contributed by atoms with Crippen LogP contribution >= 0.6 is 0 Å². The fraction of sp³-hybridized carbons (Fsp3) is 0.846. The number of nitrogens with one attached hydrogen (secondary N) is 1. The summed E-state index contributed by atoms with van der Waals surface area (Å²) in [5.74, 6) is -1.15. The maximum absolute atomic E-state index is 11.6. The van der Waals surface area contributed by atoms with Gasteiger partial charge < -0.3 is 10.4 Å². The third kappa shape index (κ3) is 4.75. The van der Waals surface area contributed by atoms with E-state index in [1.165, 1.54) is 0 Å². The zero-order chi connectivity index (χ0) is 12.7. The summed E-state index contributed by atoms with van der Waals surface area (Å²) >= 11 is 0. The molecule has 2 unspecified atom stereocenters. The maximum atomic E-state index is 11.6. The lowest BCUT2D eigenvalue weighted by molar-refractivity contribution is -0.142. The third-order valence-corrected chi connectivity index (χ3v) is 3.44. The van der Waals surface area contributed by atoms with Crippen molar-refractivity contribution in [2.45, 2.75) is 64.3 Å². The SMILES string of the molecule is CCCCCCC(=O)NC1CCCC1C(=O)O. The molecule has 1 rings (SSSR count). The lowest BCUT2D eigenvalue weighted by atomic mass is 10.0. The van der Waals surface area contributed by atoms with Gasteiger partial charge in [0, 0.05) is 12.5 Å². The van der Waals surface area contributed by atoms with E-state index in [2.05, 4.69) is 12.2 Å². The molecule has 1 aliphatic rings. The van der Waals surface area contributed by atoms with Crippen molar-refractivity contribution in [3.63, 3.8) is 0 Å². The molecule has 1 fully saturated rings. The van der Waals surface area contributed by atoms with E-state index in [4.69, 9.17) is 5.11 Å². The summed E-state index contributed by atoms with van der Waals surface area (Å²) in [7, 11) is 0. The molecule has 4 nitrogen and oxygen atoms in total. The Bertz CT molecular complexity index is 265. The smallest absolute Gasteiger partial charge is 0.308 e. The summed E-state index contributed by atoms with van der Waals surface area (Å²) in [6, 6.07) is -0.147. The molecule has 1 saturated carbocycles. The number of carboxylic acid groups (broad SMARTS) is 1. The van der Waals surface area contributed by atoms with Crippen LogP contribution in [0.25, 0.3) is 0 Å². The second kappa shape index (κ2) is 7.30. The Hall–Kier alpha value is -1.06.